The molecule has 1 atom stereocenters. The Kier molecular flexibility index (Phi) is 3.70. The molecule has 0 saturated heterocycles. The van der Waals surface area contributed by atoms with Crippen LogP contribution in [0.15, 0.2) is 24.4 Å². The molecule has 0 bridgehead atoms. The van der Waals surface area contributed by atoms with Crippen molar-refractivity contribution in [2.45, 2.75) is 58.0 Å². The van der Waals surface area contributed by atoms with Crippen LogP contribution in [0, 0.1) is 13.8 Å². The second-order valence-electron chi connectivity index (χ2n) is 7.26. The molecule has 2 aliphatic rings. The van der Waals surface area contributed by atoms with Crippen molar-refractivity contribution in [2.75, 3.05) is 7.05 Å². The van der Waals surface area contributed by atoms with Crippen molar-refractivity contribution in [3.8, 4) is 0 Å². The zero-order chi connectivity index (χ0) is 16.8. The lowest BCUT2D eigenvalue weighted by molar-refractivity contribution is 0.0710. The van der Waals surface area contributed by atoms with Crippen LogP contribution in [-0.2, 0) is 6.42 Å². The van der Waals surface area contributed by atoms with Crippen LogP contribution < -0.4 is 0 Å². The molecule has 2 aromatic heterocycles. The van der Waals surface area contributed by atoms with Gasteiger partial charge in [-0.1, -0.05) is 6.07 Å². The summed E-state index contributed by atoms with van der Waals surface area (Å²) in [5.41, 5.74) is 5.54. The zero-order valence-corrected chi connectivity index (χ0v) is 14.7. The molecule has 2 heterocycles. The number of hydrogen-bond acceptors (Lipinski definition) is 2. The van der Waals surface area contributed by atoms with Gasteiger partial charge in [-0.3, -0.25) is 9.78 Å². The third kappa shape index (κ3) is 2.45. The second-order valence-corrected chi connectivity index (χ2v) is 7.26. The molecule has 0 N–H and O–H groups in total. The highest BCUT2D eigenvalue weighted by Gasteiger charge is 2.32. The molecule has 1 amide bonds. The van der Waals surface area contributed by atoms with Gasteiger partial charge >= 0.3 is 0 Å². The molecule has 1 saturated carbocycles. The van der Waals surface area contributed by atoms with Crippen molar-refractivity contribution in [1.29, 1.82) is 0 Å². The van der Waals surface area contributed by atoms with Gasteiger partial charge in [0.15, 0.2) is 0 Å². The number of aromatic nitrogens is 2. The van der Waals surface area contributed by atoms with Gasteiger partial charge in [-0.15, -0.1) is 0 Å². The molecule has 1 unspecified atom stereocenters. The molecule has 2 aliphatic carbocycles. The molecule has 0 aromatic carbocycles. The summed E-state index contributed by atoms with van der Waals surface area (Å²) in [7, 11) is 1.93. The monoisotopic (exact) mass is 323 g/mol. The molecule has 4 nitrogen and oxygen atoms in total. The van der Waals surface area contributed by atoms with E-state index in [-0.39, 0.29) is 11.9 Å². The topological polar surface area (TPSA) is 38.1 Å². The van der Waals surface area contributed by atoms with Crippen molar-refractivity contribution < 1.29 is 4.79 Å². The van der Waals surface area contributed by atoms with Crippen molar-refractivity contribution in [1.82, 2.24) is 14.5 Å². The molecule has 4 rings (SSSR count). The SMILES string of the molecule is Cc1cc(C(=O)N(C)C2CCCc3cccnc32)c(C)n1C1CC1. The number of carbonyl (C=O) groups excluding carboxylic acids is 1. The minimum atomic E-state index is 0.0893. The predicted molar refractivity (Wildman–Crippen MR) is 94.2 cm³/mol. The quantitative estimate of drug-likeness (QED) is 0.857. The Labute approximate surface area is 143 Å². The van der Waals surface area contributed by atoms with Crippen LogP contribution in [-0.4, -0.2) is 27.4 Å². The molecule has 0 aliphatic heterocycles. The third-order valence-corrected chi connectivity index (χ3v) is 5.58. The first-order valence-electron chi connectivity index (χ1n) is 8.97. The number of nitrogens with zero attached hydrogens (tertiary/aromatic N) is 3. The van der Waals surface area contributed by atoms with E-state index < -0.39 is 0 Å². The Morgan fingerprint density at radius 1 is 1.29 bits per heavy atom. The van der Waals surface area contributed by atoms with Gasteiger partial charge in [0.25, 0.3) is 5.91 Å². The molecule has 1 fully saturated rings. The Morgan fingerprint density at radius 2 is 2.08 bits per heavy atom. The lowest BCUT2D eigenvalue weighted by Gasteiger charge is -2.32. The first-order valence-corrected chi connectivity index (χ1v) is 8.97. The standard InChI is InChI=1S/C20H25N3O/c1-13-12-17(14(2)23(13)16-9-10-16)20(24)22(3)18-8-4-6-15-7-5-11-21-19(15)18/h5,7,11-12,16,18H,4,6,8-10H2,1-3H3. The third-order valence-electron chi connectivity index (χ3n) is 5.58. The van der Waals surface area contributed by atoms with Crippen molar-refractivity contribution in [3.63, 3.8) is 0 Å². The maximum atomic E-state index is 13.2. The van der Waals surface area contributed by atoms with E-state index in [1.165, 1.54) is 24.1 Å². The van der Waals surface area contributed by atoms with Crippen molar-refractivity contribution in [2.24, 2.45) is 0 Å². The van der Waals surface area contributed by atoms with Crippen LogP contribution in [0.1, 0.15) is 70.8 Å². The second kappa shape index (κ2) is 5.76. The molecule has 0 spiro atoms. The number of carbonyl (C=O) groups is 1. The lowest BCUT2D eigenvalue weighted by Crippen LogP contribution is -2.34. The normalized spacial score (nSPS) is 19.9. The number of pyridine rings is 1. The number of hydrogen-bond donors (Lipinski definition) is 0. The summed E-state index contributed by atoms with van der Waals surface area (Å²) >= 11 is 0. The largest absolute Gasteiger partial charge is 0.345 e. The molecular weight excluding hydrogens is 298 g/mol. The molecular formula is C20H25N3O. The van der Waals surface area contributed by atoms with E-state index in [1.807, 2.05) is 24.2 Å². The van der Waals surface area contributed by atoms with Crippen LogP contribution in [0.5, 0.6) is 0 Å². The summed E-state index contributed by atoms with van der Waals surface area (Å²) in [6, 6.07) is 6.90. The fourth-order valence-corrected chi connectivity index (χ4v) is 4.18. The van der Waals surface area contributed by atoms with Gasteiger partial charge in [0, 0.05) is 30.7 Å². The van der Waals surface area contributed by atoms with E-state index in [2.05, 4.69) is 35.5 Å². The van der Waals surface area contributed by atoms with E-state index >= 15 is 0 Å². The highest BCUT2D eigenvalue weighted by atomic mass is 16.2. The van der Waals surface area contributed by atoms with Crippen LogP contribution >= 0.6 is 0 Å². The fraction of sp³-hybridized carbons (Fsp3) is 0.500. The summed E-state index contributed by atoms with van der Waals surface area (Å²) in [6.45, 7) is 4.19. The van der Waals surface area contributed by atoms with E-state index in [4.69, 9.17) is 0 Å². The first-order chi connectivity index (χ1) is 11.6. The minimum Gasteiger partial charge on any atom is -0.345 e. The molecule has 4 heteroatoms. The maximum absolute atomic E-state index is 13.2. The fourth-order valence-electron chi connectivity index (χ4n) is 4.18. The van der Waals surface area contributed by atoms with Crippen LogP contribution in [0.2, 0.25) is 0 Å². The van der Waals surface area contributed by atoms with Crippen LogP contribution in [0.25, 0.3) is 0 Å². The van der Waals surface area contributed by atoms with E-state index in [0.717, 1.165) is 36.2 Å². The molecule has 126 valence electrons. The van der Waals surface area contributed by atoms with Crippen LogP contribution in [0.3, 0.4) is 0 Å². The predicted octanol–water partition coefficient (Wildman–Crippen LogP) is 3.98. The molecule has 24 heavy (non-hydrogen) atoms. The average molecular weight is 323 g/mol. The summed E-state index contributed by atoms with van der Waals surface area (Å²) in [5, 5.41) is 0. The highest BCUT2D eigenvalue weighted by molar-refractivity contribution is 5.96. The summed E-state index contributed by atoms with van der Waals surface area (Å²) in [6.07, 6.45) is 7.49. The Bertz CT molecular complexity index is 788. The number of amides is 1. The van der Waals surface area contributed by atoms with E-state index in [1.54, 1.807) is 0 Å². The maximum Gasteiger partial charge on any atom is 0.255 e. The Morgan fingerprint density at radius 3 is 2.83 bits per heavy atom. The summed E-state index contributed by atoms with van der Waals surface area (Å²) < 4.78 is 2.34. The van der Waals surface area contributed by atoms with Gasteiger partial charge in [-0.25, -0.2) is 0 Å². The van der Waals surface area contributed by atoms with Gasteiger partial charge < -0.3 is 9.47 Å². The Hall–Kier alpha value is -2.10. The minimum absolute atomic E-state index is 0.0893. The summed E-state index contributed by atoms with van der Waals surface area (Å²) in [4.78, 5) is 19.7. The van der Waals surface area contributed by atoms with E-state index in [0.29, 0.717) is 6.04 Å². The highest BCUT2D eigenvalue weighted by Crippen LogP contribution is 2.39. The van der Waals surface area contributed by atoms with Gasteiger partial charge in [0.05, 0.1) is 17.3 Å². The van der Waals surface area contributed by atoms with Gasteiger partial charge in [0.2, 0.25) is 0 Å². The van der Waals surface area contributed by atoms with Crippen molar-refractivity contribution >= 4 is 5.91 Å². The zero-order valence-electron chi connectivity index (χ0n) is 14.7. The lowest BCUT2D eigenvalue weighted by atomic mass is 9.91. The smallest absolute Gasteiger partial charge is 0.255 e. The van der Waals surface area contributed by atoms with Gasteiger partial charge in [-0.05, 0) is 63.6 Å². The van der Waals surface area contributed by atoms with E-state index in [9.17, 15) is 4.79 Å². The Balaban J connectivity index is 1.65. The first kappa shape index (κ1) is 15.4. The van der Waals surface area contributed by atoms with Gasteiger partial charge in [-0.2, -0.15) is 0 Å². The van der Waals surface area contributed by atoms with Crippen LogP contribution in [0.4, 0.5) is 0 Å². The number of fused-ring (bicyclic) bond motifs is 1. The molecule has 0 radical (unpaired) electrons. The van der Waals surface area contributed by atoms with Gasteiger partial charge in [0.1, 0.15) is 0 Å². The van der Waals surface area contributed by atoms with Crippen molar-refractivity contribution in [3.05, 3.63) is 52.6 Å². The average Bonchev–Trinajstić information content (AvgIpc) is 3.38. The summed E-state index contributed by atoms with van der Waals surface area (Å²) in [5.74, 6) is 0.124. The molecule has 2 aromatic rings. The number of rotatable bonds is 3. The number of aryl methyl sites for hydroxylation is 2.